The van der Waals surface area contributed by atoms with Crippen molar-refractivity contribution in [1.82, 2.24) is 10.2 Å². The quantitative estimate of drug-likeness (QED) is 0.792. The molecule has 2 aromatic rings. The van der Waals surface area contributed by atoms with Crippen LogP contribution in [0.2, 0.25) is 0 Å². The third-order valence-corrected chi connectivity index (χ3v) is 2.71. The van der Waals surface area contributed by atoms with Crippen LogP contribution >= 0.6 is 0 Å². The maximum atomic E-state index is 11.5. The molecule has 0 bridgehead atoms. The minimum Gasteiger partial charge on any atom is -0.467 e. The molecule has 1 atom stereocenters. The summed E-state index contributed by atoms with van der Waals surface area (Å²) in [7, 11) is 1.39. The van der Waals surface area contributed by atoms with Gasteiger partial charge in [-0.05, 0) is 18.6 Å². The number of carbonyl (C=O) groups excluding carboxylic acids is 1. The van der Waals surface area contributed by atoms with Gasteiger partial charge in [-0.25, -0.2) is 4.79 Å². The van der Waals surface area contributed by atoms with E-state index in [4.69, 9.17) is 4.74 Å². The second-order valence-corrected chi connectivity index (χ2v) is 3.77. The van der Waals surface area contributed by atoms with Gasteiger partial charge in [0.15, 0.2) is 0 Å². The number of methoxy groups -OCH3 is 1. The third-order valence-electron chi connectivity index (χ3n) is 2.71. The van der Waals surface area contributed by atoms with Gasteiger partial charge >= 0.3 is 5.97 Å². The number of esters is 1. The molecule has 0 spiro atoms. The predicted molar refractivity (Wildman–Crippen MR) is 65.8 cm³/mol. The average Bonchev–Trinajstić information content (AvgIpc) is 2.83. The predicted octanol–water partition coefficient (Wildman–Crippen LogP) is 1.93. The Balaban J connectivity index is 2.28. The number of hydrogen-bond acceptors (Lipinski definition) is 4. The first-order valence-electron chi connectivity index (χ1n) is 5.52. The van der Waals surface area contributed by atoms with Crippen LogP contribution in [0.15, 0.2) is 24.4 Å². The zero-order valence-corrected chi connectivity index (χ0v) is 9.86. The maximum absolute atomic E-state index is 11.5. The molecule has 1 heterocycles. The van der Waals surface area contributed by atoms with Gasteiger partial charge in [-0.2, -0.15) is 5.10 Å². The zero-order chi connectivity index (χ0) is 12.3. The van der Waals surface area contributed by atoms with Crippen LogP contribution in [0.5, 0.6) is 0 Å². The molecule has 1 aromatic heterocycles. The van der Waals surface area contributed by atoms with Crippen LogP contribution in [-0.4, -0.2) is 29.3 Å². The Kier molecular flexibility index (Phi) is 3.27. The van der Waals surface area contributed by atoms with Crippen molar-refractivity contribution in [2.75, 3.05) is 12.4 Å². The summed E-state index contributed by atoms with van der Waals surface area (Å²) >= 11 is 0. The number of ether oxygens (including phenoxy) is 1. The van der Waals surface area contributed by atoms with E-state index in [9.17, 15) is 4.79 Å². The fraction of sp³-hybridized carbons (Fsp3) is 0.333. The molecule has 0 aliphatic heterocycles. The number of hydrogen-bond donors (Lipinski definition) is 2. The molecule has 90 valence electrons. The first-order chi connectivity index (χ1) is 8.26. The van der Waals surface area contributed by atoms with E-state index in [-0.39, 0.29) is 12.0 Å². The monoisotopic (exact) mass is 233 g/mol. The Bertz CT molecular complexity index is 521. The molecule has 0 amide bonds. The van der Waals surface area contributed by atoms with Gasteiger partial charge in [0, 0.05) is 11.1 Å². The Hall–Kier alpha value is -2.04. The number of carbonyl (C=O) groups is 1. The van der Waals surface area contributed by atoms with Crippen LogP contribution < -0.4 is 5.32 Å². The van der Waals surface area contributed by atoms with Crippen molar-refractivity contribution in [3.05, 3.63) is 24.4 Å². The van der Waals surface area contributed by atoms with Crippen molar-refractivity contribution in [2.24, 2.45) is 0 Å². The van der Waals surface area contributed by atoms with Crippen molar-refractivity contribution in [1.29, 1.82) is 0 Å². The minimum atomic E-state index is -0.333. The van der Waals surface area contributed by atoms with Crippen LogP contribution in [0.4, 0.5) is 5.69 Å². The highest BCUT2D eigenvalue weighted by atomic mass is 16.5. The molecule has 0 fully saturated rings. The molecule has 1 aromatic carbocycles. The molecule has 1 unspecified atom stereocenters. The minimum absolute atomic E-state index is 0.256. The number of nitrogens with zero attached hydrogens (tertiary/aromatic N) is 1. The molecule has 0 saturated heterocycles. The largest absolute Gasteiger partial charge is 0.467 e. The summed E-state index contributed by atoms with van der Waals surface area (Å²) in [5.74, 6) is -0.256. The molecule has 2 N–H and O–H groups in total. The van der Waals surface area contributed by atoms with Gasteiger partial charge in [-0.15, -0.1) is 0 Å². The highest BCUT2D eigenvalue weighted by molar-refractivity contribution is 5.92. The molecule has 0 aliphatic carbocycles. The van der Waals surface area contributed by atoms with Crippen LogP contribution in [0.3, 0.4) is 0 Å². The summed E-state index contributed by atoms with van der Waals surface area (Å²) in [4.78, 5) is 11.5. The summed E-state index contributed by atoms with van der Waals surface area (Å²) in [5.41, 5.74) is 1.82. The smallest absolute Gasteiger partial charge is 0.328 e. The molecule has 0 radical (unpaired) electrons. The fourth-order valence-corrected chi connectivity index (χ4v) is 1.75. The number of fused-ring (bicyclic) bond motifs is 1. The zero-order valence-electron chi connectivity index (χ0n) is 9.86. The van der Waals surface area contributed by atoms with Gasteiger partial charge in [-0.3, -0.25) is 5.10 Å². The first kappa shape index (κ1) is 11.4. The molecular formula is C12H15N3O2. The summed E-state index contributed by atoms with van der Waals surface area (Å²) in [6.07, 6.45) is 2.41. The number of aromatic nitrogens is 2. The van der Waals surface area contributed by atoms with Crippen LogP contribution in [0, 0.1) is 0 Å². The van der Waals surface area contributed by atoms with Gasteiger partial charge in [0.25, 0.3) is 0 Å². The lowest BCUT2D eigenvalue weighted by atomic mass is 10.1. The molecular weight excluding hydrogens is 218 g/mol. The highest BCUT2D eigenvalue weighted by Gasteiger charge is 2.17. The molecule has 2 rings (SSSR count). The Morgan fingerprint density at radius 3 is 3.12 bits per heavy atom. The van der Waals surface area contributed by atoms with Crippen molar-refractivity contribution < 1.29 is 9.53 Å². The Labute approximate surface area is 99.2 Å². The lowest BCUT2D eigenvalue weighted by Crippen LogP contribution is -2.29. The summed E-state index contributed by atoms with van der Waals surface area (Å²) in [5, 5.41) is 11.0. The number of rotatable bonds is 4. The van der Waals surface area contributed by atoms with Crippen molar-refractivity contribution in [2.45, 2.75) is 19.4 Å². The van der Waals surface area contributed by atoms with E-state index in [2.05, 4.69) is 15.5 Å². The first-order valence-corrected chi connectivity index (χ1v) is 5.52. The maximum Gasteiger partial charge on any atom is 0.328 e. The van der Waals surface area contributed by atoms with Gasteiger partial charge < -0.3 is 10.1 Å². The van der Waals surface area contributed by atoms with E-state index in [1.807, 2.05) is 25.1 Å². The van der Waals surface area contributed by atoms with Gasteiger partial charge in [0.2, 0.25) is 0 Å². The molecule has 0 saturated carbocycles. The van der Waals surface area contributed by atoms with Gasteiger partial charge in [0.05, 0.1) is 18.8 Å². The third kappa shape index (κ3) is 2.22. The number of aromatic amines is 1. The van der Waals surface area contributed by atoms with E-state index in [0.717, 1.165) is 16.6 Å². The van der Waals surface area contributed by atoms with E-state index in [1.54, 1.807) is 6.20 Å². The van der Waals surface area contributed by atoms with Crippen LogP contribution in [0.1, 0.15) is 13.3 Å². The van der Waals surface area contributed by atoms with E-state index >= 15 is 0 Å². The van der Waals surface area contributed by atoms with Gasteiger partial charge in [0.1, 0.15) is 6.04 Å². The van der Waals surface area contributed by atoms with Crippen LogP contribution in [0.25, 0.3) is 10.9 Å². The normalized spacial score (nSPS) is 12.4. The highest BCUT2D eigenvalue weighted by Crippen LogP contribution is 2.22. The molecule has 0 aliphatic rings. The second-order valence-electron chi connectivity index (χ2n) is 3.77. The van der Waals surface area contributed by atoms with E-state index in [1.165, 1.54) is 7.11 Å². The molecule has 5 nitrogen and oxygen atoms in total. The fourth-order valence-electron chi connectivity index (χ4n) is 1.75. The standard InChI is InChI=1S/C12H15N3O2/c1-3-9(12(16)17-2)14-10-5-4-6-11-8(10)7-13-15-11/h4-7,9,14H,3H2,1-2H3,(H,13,15). The number of H-pyrrole nitrogens is 1. The summed E-state index contributed by atoms with van der Waals surface area (Å²) in [6.45, 7) is 1.93. The van der Waals surface area contributed by atoms with Crippen molar-refractivity contribution in [3.63, 3.8) is 0 Å². The van der Waals surface area contributed by atoms with Crippen molar-refractivity contribution in [3.8, 4) is 0 Å². The summed E-state index contributed by atoms with van der Waals surface area (Å²) < 4.78 is 4.74. The average molecular weight is 233 g/mol. The SMILES string of the molecule is CCC(Nc1cccc2[nH]ncc12)C(=O)OC. The second kappa shape index (κ2) is 4.86. The Morgan fingerprint density at radius 1 is 1.59 bits per heavy atom. The lowest BCUT2D eigenvalue weighted by molar-refractivity contribution is -0.141. The van der Waals surface area contributed by atoms with Crippen LogP contribution in [-0.2, 0) is 9.53 Å². The number of benzene rings is 1. The van der Waals surface area contributed by atoms with E-state index in [0.29, 0.717) is 6.42 Å². The van der Waals surface area contributed by atoms with Gasteiger partial charge in [-0.1, -0.05) is 13.0 Å². The van der Waals surface area contributed by atoms with Crippen molar-refractivity contribution >= 4 is 22.6 Å². The number of nitrogens with one attached hydrogen (secondary N) is 2. The molecule has 5 heteroatoms. The van der Waals surface area contributed by atoms with E-state index < -0.39 is 0 Å². The molecule has 17 heavy (non-hydrogen) atoms. The topological polar surface area (TPSA) is 67.0 Å². The Morgan fingerprint density at radius 2 is 2.41 bits per heavy atom. The lowest BCUT2D eigenvalue weighted by Gasteiger charge is -2.16. The number of anilines is 1. The summed E-state index contributed by atoms with van der Waals surface area (Å²) in [6, 6.07) is 5.43.